The van der Waals surface area contributed by atoms with Gasteiger partial charge in [-0.2, -0.15) is 18.3 Å². The highest BCUT2D eigenvalue weighted by Gasteiger charge is 2.30. The lowest BCUT2D eigenvalue weighted by Crippen LogP contribution is -2.41. The number of hydrogen-bond donors (Lipinski definition) is 1. The normalized spacial score (nSPS) is 17.2. The zero-order valence-corrected chi connectivity index (χ0v) is 15.9. The number of nitrogens with zero attached hydrogens (tertiary/aromatic N) is 3. The minimum Gasteiger partial charge on any atom is -0.341 e. The highest BCUT2D eigenvalue weighted by atomic mass is 19.4. The molecule has 1 atom stereocenters. The number of piperidine rings is 1. The number of alkyl halides is 3. The fourth-order valence-corrected chi connectivity index (χ4v) is 3.46. The van der Waals surface area contributed by atoms with Crippen molar-refractivity contribution >= 4 is 17.5 Å². The van der Waals surface area contributed by atoms with Gasteiger partial charge in [-0.3, -0.25) is 14.3 Å². The third kappa shape index (κ3) is 6.07. The van der Waals surface area contributed by atoms with Crippen LogP contribution in [0.1, 0.15) is 31.2 Å². The van der Waals surface area contributed by atoms with E-state index in [1.807, 2.05) is 4.90 Å². The number of rotatable bonds is 6. The van der Waals surface area contributed by atoms with Gasteiger partial charge in [-0.05, 0) is 55.5 Å². The lowest BCUT2D eigenvalue weighted by Gasteiger charge is -2.32. The Kier molecular flexibility index (Phi) is 6.56. The summed E-state index contributed by atoms with van der Waals surface area (Å²) in [5, 5.41) is 6.67. The second-order valence-electron chi connectivity index (χ2n) is 7.21. The lowest BCUT2D eigenvalue weighted by atomic mass is 9.93. The molecule has 6 nitrogen and oxygen atoms in total. The number of benzene rings is 1. The third-order valence-corrected chi connectivity index (χ3v) is 5.00. The topological polar surface area (TPSA) is 67.2 Å². The van der Waals surface area contributed by atoms with Gasteiger partial charge in [-0.25, -0.2) is 0 Å². The maximum absolute atomic E-state index is 12.6. The van der Waals surface area contributed by atoms with E-state index in [1.165, 1.54) is 12.1 Å². The number of aromatic nitrogens is 2. The van der Waals surface area contributed by atoms with Crippen LogP contribution in [0.2, 0.25) is 0 Å². The van der Waals surface area contributed by atoms with Gasteiger partial charge in [-0.15, -0.1) is 0 Å². The van der Waals surface area contributed by atoms with Crippen LogP contribution in [0.3, 0.4) is 0 Å². The molecule has 1 aliphatic heterocycles. The maximum atomic E-state index is 12.6. The molecule has 0 aliphatic carbocycles. The standard InChI is InChI=1S/C20H23F3N4O2/c21-20(22,23)16-5-7-17(8-6-16)25-18(28)9-4-15-3-1-11-26(13-15)19(29)14-27-12-2-10-24-27/h2,5-8,10,12,15H,1,3-4,9,11,13-14H2,(H,25,28). The SMILES string of the molecule is O=C(CCC1CCCN(C(=O)Cn2cccn2)C1)Nc1ccc(C(F)(F)F)cc1. The van der Waals surface area contributed by atoms with Crippen LogP contribution in [0.25, 0.3) is 0 Å². The molecule has 1 aromatic carbocycles. The van der Waals surface area contributed by atoms with Crippen molar-refractivity contribution in [2.75, 3.05) is 18.4 Å². The number of hydrogen-bond acceptors (Lipinski definition) is 3. The summed E-state index contributed by atoms with van der Waals surface area (Å²) in [6.45, 7) is 1.51. The average molecular weight is 408 g/mol. The van der Waals surface area contributed by atoms with Crippen molar-refractivity contribution in [3.63, 3.8) is 0 Å². The van der Waals surface area contributed by atoms with E-state index in [4.69, 9.17) is 0 Å². The molecule has 0 bridgehead atoms. The Morgan fingerprint density at radius 1 is 1.21 bits per heavy atom. The van der Waals surface area contributed by atoms with Crippen LogP contribution >= 0.6 is 0 Å². The molecule has 1 aliphatic rings. The molecule has 1 N–H and O–H groups in total. The van der Waals surface area contributed by atoms with Gasteiger partial charge in [0.05, 0.1) is 5.56 Å². The molecule has 1 fully saturated rings. The molecule has 1 saturated heterocycles. The average Bonchev–Trinajstić information content (AvgIpc) is 3.19. The first-order valence-electron chi connectivity index (χ1n) is 9.53. The van der Waals surface area contributed by atoms with Crippen LogP contribution < -0.4 is 5.32 Å². The summed E-state index contributed by atoms with van der Waals surface area (Å²) in [4.78, 5) is 26.3. The van der Waals surface area contributed by atoms with Gasteiger partial charge in [0.15, 0.2) is 0 Å². The first-order valence-corrected chi connectivity index (χ1v) is 9.53. The predicted octanol–water partition coefficient (Wildman–Crippen LogP) is 3.56. The summed E-state index contributed by atoms with van der Waals surface area (Å²) >= 11 is 0. The number of halogens is 3. The zero-order valence-electron chi connectivity index (χ0n) is 15.9. The minimum atomic E-state index is -4.40. The monoisotopic (exact) mass is 408 g/mol. The highest BCUT2D eigenvalue weighted by molar-refractivity contribution is 5.90. The Labute approximate surface area is 166 Å². The van der Waals surface area contributed by atoms with Crippen molar-refractivity contribution in [1.82, 2.24) is 14.7 Å². The molecule has 3 rings (SSSR count). The van der Waals surface area contributed by atoms with Crippen LogP contribution in [-0.2, 0) is 22.3 Å². The maximum Gasteiger partial charge on any atom is 0.416 e. The first kappa shape index (κ1) is 20.9. The Morgan fingerprint density at radius 3 is 2.62 bits per heavy atom. The van der Waals surface area contributed by atoms with E-state index in [9.17, 15) is 22.8 Å². The van der Waals surface area contributed by atoms with Crippen LogP contribution in [-0.4, -0.2) is 39.6 Å². The molecule has 2 heterocycles. The van der Waals surface area contributed by atoms with Crippen molar-refractivity contribution in [2.24, 2.45) is 5.92 Å². The lowest BCUT2D eigenvalue weighted by molar-refractivity contribution is -0.137. The van der Waals surface area contributed by atoms with Crippen molar-refractivity contribution in [3.05, 3.63) is 48.3 Å². The van der Waals surface area contributed by atoms with Crippen molar-refractivity contribution < 1.29 is 22.8 Å². The summed E-state index contributed by atoms with van der Waals surface area (Å²) < 4.78 is 39.3. The quantitative estimate of drug-likeness (QED) is 0.795. The molecule has 29 heavy (non-hydrogen) atoms. The Hall–Kier alpha value is -2.84. The molecule has 156 valence electrons. The van der Waals surface area contributed by atoms with E-state index < -0.39 is 11.7 Å². The second kappa shape index (κ2) is 9.11. The van der Waals surface area contributed by atoms with Gasteiger partial charge >= 0.3 is 6.18 Å². The van der Waals surface area contributed by atoms with E-state index in [2.05, 4.69) is 10.4 Å². The molecule has 1 aromatic heterocycles. The first-order chi connectivity index (χ1) is 13.8. The van der Waals surface area contributed by atoms with Crippen LogP contribution in [0.4, 0.5) is 18.9 Å². The Morgan fingerprint density at radius 2 is 1.97 bits per heavy atom. The van der Waals surface area contributed by atoms with Gasteiger partial charge < -0.3 is 10.2 Å². The number of carbonyl (C=O) groups excluding carboxylic acids is 2. The summed E-state index contributed by atoms with van der Waals surface area (Å²) in [6, 6.07) is 6.15. The van der Waals surface area contributed by atoms with E-state index in [0.29, 0.717) is 25.2 Å². The van der Waals surface area contributed by atoms with Crippen LogP contribution in [0, 0.1) is 5.92 Å². The summed E-state index contributed by atoms with van der Waals surface area (Å²) in [5.41, 5.74) is -0.416. The van der Waals surface area contributed by atoms with Gasteiger partial charge in [0.25, 0.3) is 0 Å². The fraction of sp³-hybridized carbons (Fsp3) is 0.450. The molecule has 9 heteroatoms. The Balaban J connectivity index is 1.44. The molecule has 1 unspecified atom stereocenters. The number of nitrogens with one attached hydrogen (secondary N) is 1. The van der Waals surface area contributed by atoms with Crippen LogP contribution in [0.5, 0.6) is 0 Å². The highest BCUT2D eigenvalue weighted by Crippen LogP contribution is 2.30. The van der Waals surface area contributed by atoms with Gasteiger partial charge in [-0.1, -0.05) is 0 Å². The van der Waals surface area contributed by atoms with Gasteiger partial charge in [0, 0.05) is 37.6 Å². The molecule has 2 aromatic rings. The van der Waals surface area contributed by atoms with E-state index in [1.54, 1.807) is 23.1 Å². The summed E-state index contributed by atoms with van der Waals surface area (Å²) in [5.74, 6) is -0.0129. The molecular weight excluding hydrogens is 385 g/mol. The van der Waals surface area contributed by atoms with E-state index in [-0.39, 0.29) is 30.7 Å². The molecule has 0 saturated carbocycles. The third-order valence-electron chi connectivity index (χ3n) is 5.00. The van der Waals surface area contributed by atoms with Crippen molar-refractivity contribution in [2.45, 2.75) is 38.4 Å². The smallest absolute Gasteiger partial charge is 0.341 e. The predicted molar refractivity (Wildman–Crippen MR) is 101 cm³/mol. The van der Waals surface area contributed by atoms with E-state index >= 15 is 0 Å². The number of likely N-dealkylation sites (tertiary alicyclic amines) is 1. The van der Waals surface area contributed by atoms with Crippen molar-refractivity contribution in [1.29, 1.82) is 0 Å². The van der Waals surface area contributed by atoms with Gasteiger partial charge in [0.1, 0.15) is 6.54 Å². The molecular formula is C20H23F3N4O2. The minimum absolute atomic E-state index is 0.00704. The fourth-order valence-electron chi connectivity index (χ4n) is 3.46. The van der Waals surface area contributed by atoms with Gasteiger partial charge in [0.2, 0.25) is 11.8 Å². The van der Waals surface area contributed by atoms with E-state index in [0.717, 1.165) is 25.0 Å². The summed E-state index contributed by atoms with van der Waals surface area (Å²) in [6.07, 6.45) is 1.68. The zero-order chi connectivity index (χ0) is 20.9. The molecule has 0 spiro atoms. The number of amides is 2. The molecule has 2 amide bonds. The number of anilines is 1. The van der Waals surface area contributed by atoms with Crippen molar-refractivity contribution in [3.8, 4) is 0 Å². The summed E-state index contributed by atoms with van der Waals surface area (Å²) in [7, 11) is 0. The van der Waals surface area contributed by atoms with Crippen LogP contribution in [0.15, 0.2) is 42.7 Å². The largest absolute Gasteiger partial charge is 0.416 e. The second-order valence-corrected chi connectivity index (χ2v) is 7.21. The Bertz CT molecular complexity index is 819. The molecule has 0 radical (unpaired) electrons. The number of carbonyl (C=O) groups is 2.